The summed E-state index contributed by atoms with van der Waals surface area (Å²) in [6.07, 6.45) is 3.48. The maximum Gasteiger partial charge on any atom is 0.252 e. The average molecular weight is 424 g/mol. The van der Waals surface area contributed by atoms with Gasteiger partial charge in [-0.15, -0.1) is 0 Å². The molecule has 3 rings (SSSR count). The minimum absolute atomic E-state index is 0.0666. The largest absolute Gasteiger partial charge is 0.492 e. The topological polar surface area (TPSA) is 45.7 Å². The summed E-state index contributed by atoms with van der Waals surface area (Å²) in [5.41, 5.74) is 1.81. The van der Waals surface area contributed by atoms with E-state index in [0.717, 1.165) is 41.2 Å². The van der Waals surface area contributed by atoms with Crippen LogP contribution in [0.5, 0.6) is 5.75 Å². The van der Waals surface area contributed by atoms with Gasteiger partial charge in [-0.05, 0) is 43.8 Å². The minimum atomic E-state index is -0.0666. The zero-order valence-corrected chi connectivity index (χ0v) is 18.7. The van der Waals surface area contributed by atoms with Crippen LogP contribution in [0.3, 0.4) is 0 Å². The second-order valence-electron chi connectivity index (χ2n) is 6.79. The van der Waals surface area contributed by atoms with Crippen LogP contribution in [-0.4, -0.2) is 48.6 Å². The molecule has 0 aliphatic rings. The lowest BCUT2D eigenvalue weighted by molar-refractivity contribution is -0.114. The molecule has 158 valence electrons. The van der Waals surface area contributed by atoms with Gasteiger partial charge < -0.3 is 9.64 Å². The van der Waals surface area contributed by atoms with Crippen molar-refractivity contribution in [2.45, 2.75) is 20.8 Å². The van der Waals surface area contributed by atoms with Crippen LogP contribution in [0.2, 0.25) is 0 Å². The second kappa shape index (κ2) is 10.9. The van der Waals surface area contributed by atoms with Crippen LogP contribution >= 0.6 is 11.3 Å². The molecule has 1 amide bonds. The Labute approximate surface area is 182 Å². The molecule has 30 heavy (non-hydrogen) atoms. The first-order valence-electron chi connectivity index (χ1n) is 10.5. The number of para-hydroxylation sites is 1. The Kier molecular flexibility index (Phi) is 7.99. The van der Waals surface area contributed by atoms with Crippen molar-refractivity contribution in [3.63, 3.8) is 0 Å². The first kappa shape index (κ1) is 22.0. The highest BCUT2D eigenvalue weighted by atomic mass is 32.1. The number of likely N-dealkylation sites (N-methyl/N-ethyl adjacent to an activating group) is 1. The van der Waals surface area contributed by atoms with Crippen LogP contribution in [0.4, 0.5) is 5.13 Å². The van der Waals surface area contributed by atoms with Crippen molar-refractivity contribution < 1.29 is 9.53 Å². The van der Waals surface area contributed by atoms with Gasteiger partial charge in [-0.1, -0.05) is 61.6 Å². The number of anilines is 1. The molecule has 0 spiro atoms. The number of thiazole rings is 1. The number of aromatic nitrogens is 1. The monoisotopic (exact) mass is 423 g/mol. The van der Waals surface area contributed by atoms with E-state index in [1.165, 1.54) is 11.3 Å². The Bertz CT molecular complexity index is 981. The molecule has 5 nitrogen and oxygen atoms in total. The number of benzene rings is 2. The van der Waals surface area contributed by atoms with Gasteiger partial charge >= 0.3 is 0 Å². The highest BCUT2D eigenvalue weighted by Crippen LogP contribution is 2.34. The third kappa shape index (κ3) is 5.46. The number of rotatable bonds is 10. The highest BCUT2D eigenvalue weighted by Gasteiger charge is 2.20. The van der Waals surface area contributed by atoms with Crippen LogP contribution < -0.4 is 9.64 Å². The minimum Gasteiger partial charge on any atom is -0.492 e. The first-order chi connectivity index (χ1) is 14.7. The molecular formula is C24H29N3O2S. The zero-order chi connectivity index (χ0) is 21.3. The number of fused-ring (bicyclic) bond motifs is 1. The number of ether oxygens (including phenoxy) is 1. The van der Waals surface area contributed by atoms with E-state index < -0.39 is 0 Å². The van der Waals surface area contributed by atoms with E-state index in [4.69, 9.17) is 9.72 Å². The summed E-state index contributed by atoms with van der Waals surface area (Å²) in [4.78, 5) is 22.0. The van der Waals surface area contributed by atoms with Crippen molar-refractivity contribution in [3.8, 4) is 5.75 Å². The highest BCUT2D eigenvalue weighted by molar-refractivity contribution is 7.22. The van der Waals surface area contributed by atoms with E-state index >= 15 is 0 Å². The molecule has 0 aliphatic heterocycles. The number of nitrogens with zero attached hydrogens (tertiary/aromatic N) is 3. The third-order valence-electron chi connectivity index (χ3n) is 4.92. The van der Waals surface area contributed by atoms with Crippen molar-refractivity contribution in [2.75, 3.05) is 37.7 Å². The van der Waals surface area contributed by atoms with Crippen LogP contribution in [0.25, 0.3) is 16.3 Å². The number of hydrogen-bond donors (Lipinski definition) is 0. The van der Waals surface area contributed by atoms with Gasteiger partial charge in [0, 0.05) is 19.2 Å². The van der Waals surface area contributed by atoms with E-state index in [0.29, 0.717) is 18.3 Å². The lowest BCUT2D eigenvalue weighted by Gasteiger charge is -2.23. The number of amides is 1. The SMILES string of the molecule is CCOc1cccc2sc(N(CCN(CC)CC)C(=O)/C=C/c3ccccc3)nc12. The Morgan fingerprint density at radius 3 is 2.50 bits per heavy atom. The van der Waals surface area contributed by atoms with Gasteiger partial charge in [0.05, 0.1) is 11.3 Å². The van der Waals surface area contributed by atoms with E-state index in [-0.39, 0.29) is 5.91 Å². The smallest absolute Gasteiger partial charge is 0.252 e. The van der Waals surface area contributed by atoms with Crippen LogP contribution in [0.15, 0.2) is 54.6 Å². The predicted molar refractivity (Wildman–Crippen MR) is 126 cm³/mol. The second-order valence-corrected chi connectivity index (χ2v) is 7.80. The van der Waals surface area contributed by atoms with Crippen LogP contribution in [-0.2, 0) is 4.79 Å². The molecule has 1 aromatic heterocycles. The quantitative estimate of drug-likeness (QED) is 0.427. The van der Waals surface area contributed by atoms with Gasteiger partial charge in [0.25, 0.3) is 5.91 Å². The fourth-order valence-electron chi connectivity index (χ4n) is 3.20. The summed E-state index contributed by atoms with van der Waals surface area (Å²) in [5, 5.41) is 0.701. The van der Waals surface area contributed by atoms with Crippen molar-refractivity contribution in [3.05, 3.63) is 60.2 Å². The Hall–Kier alpha value is -2.70. The van der Waals surface area contributed by atoms with Gasteiger partial charge in [0.1, 0.15) is 11.3 Å². The molecular weight excluding hydrogens is 394 g/mol. The fourth-order valence-corrected chi connectivity index (χ4v) is 4.22. The standard InChI is InChI=1S/C24H29N3O2S/c1-4-26(5-2)17-18-27(22(28)16-15-19-11-8-7-9-12-19)24-25-23-20(29-6-3)13-10-14-21(23)30-24/h7-16H,4-6,17-18H2,1-3H3/b16-15+. The summed E-state index contributed by atoms with van der Waals surface area (Å²) < 4.78 is 6.75. The molecule has 0 bridgehead atoms. The average Bonchev–Trinajstić information content (AvgIpc) is 3.21. The first-order valence-corrected chi connectivity index (χ1v) is 11.3. The Morgan fingerprint density at radius 2 is 1.80 bits per heavy atom. The van der Waals surface area contributed by atoms with Gasteiger partial charge in [0.15, 0.2) is 5.13 Å². The number of hydrogen-bond acceptors (Lipinski definition) is 5. The van der Waals surface area contributed by atoms with E-state index in [9.17, 15) is 4.79 Å². The summed E-state index contributed by atoms with van der Waals surface area (Å²) in [7, 11) is 0. The van der Waals surface area contributed by atoms with Crippen molar-refractivity contribution in [1.29, 1.82) is 0 Å². The molecule has 0 radical (unpaired) electrons. The summed E-state index contributed by atoms with van der Waals surface area (Å²) in [6, 6.07) is 15.8. The van der Waals surface area contributed by atoms with E-state index in [1.54, 1.807) is 11.0 Å². The van der Waals surface area contributed by atoms with Crippen LogP contribution in [0, 0.1) is 0 Å². The van der Waals surface area contributed by atoms with Gasteiger partial charge in [-0.3, -0.25) is 9.69 Å². The maximum absolute atomic E-state index is 13.1. The summed E-state index contributed by atoms with van der Waals surface area (Å²) in [6.45, 7) is 10.1. The van der Waals surface area contributed by atoms with Crippen LogP contribution in [0.1, 0.15) is 26.3 Å². The van der Waals surface area contributed by atoms with Crippen molar-refractivity contribution in [1.82, 2.24) is 9.88 Å². The molecule has 2 aromatic carbocycles. The van der Waals surface area contributed by atoms with Crippen molar-refractivity contribution in [2.24, 2.45) is 0 Å². The molecule has 0 aliphatic carbocycles. The van der Waals surface area contributed by atoms with Gasteiger partial charge in [0.2, 0.25) is 0 Å². The van der Waals surface area contributed by atoms with Gasteiger partial charge in [-0.2, -0.15) is 0 Å². The lowest BCUT2D eigenvalue weighted by atomic mass is 10.2. The molecule has 6 heteroatoms. The number of carbonyl (C=O) groups excluding carboxylic acids is 1. The van der Waals surface area contributed by atoms with E-state index in [1.807, 2.05) is 61.5 Å². The molecule has 0 saturated carbocycles. The molecule has 0 unspecified atom stereocenters. The lowest BCUT2D eigenvalue weighted by Crippen LogP contribution is -2.38. The molecule has 0 fully saturated rings. The predicted octanol–water partition coefficient (Wildman–Crippen LogP) is 5.08. The fraction of sp³-hybridized carbons (Fsp3) is 0.333. The number of carbonyl (C=O) groups is 1. The Balaban J connectivity index is 1.90. The maximum atomic E-state index is 13.1. The molecule has 0 atom stereocenters. The van der Waals surface area contributed by atoms with E-state index in [2.05, 4.69) is 18.7 Å². The molecule has 3 aromatic rings. The normalized spacial score (nSPS) is 11.5. The molecule has 0 saturated heterocycles. The summed E-state index contributed by atoms with van der Waals surface area (Å²) >= 11 is 1.52. The zero-order valence-electron chi connectivity index (χ0n) is 17.9. The molecule has 0 N–H and O–H groups in total. The summed E-state index contributed by atoms with van der Waals surface area (Å²) in [5.74, 6) is 0.691. The van der Waals surface area contributed by atoms with Crippen molar-refractivity contribution >= 4 is 38.7 Å². The van der Waals surface area contributed by atoms with Gasteiger partial charge in [-0.25, -0.2) is 4.98 Å². The Morgan fingerprint density at radius 1 is 1.03 bits per heavy atom. The third-order valence-corrected chi connectivity index (χ3v) is 5.96. The molecule has 1 heterocycles.